The number of aromatic nitrogens is 1. The fraction of sp³-hybridized carbons (Fsp3) is 0.400. The number of hydrogen-bond donors (Lipinski definition) is 2. The van der Waals surface area contributed by atoms with Gasteiger partial charge in [-0.1, -0.05) is 37.3 Å². The summed E-state index contributed by atoms with van der Waals surface area (Å²) in [7, 11) is 0. The van der Waals surface area contributed by atoms with Gasteiger partial charge in [-0.3, -0.25) is 4.79 Å². The Balaban J connectivity index is 0.00000338. The van der Waals surface area contributed by atoms with Crippen molar-refractivity contribution in [3.8, 4) is 0 Å². The van der Waals surface area contributed by atoms with E-state index in [1.807, 2.05) is 12.3 Å². The zero-order chi connectivity index (χ0) is 18.1. The SMILES string of the molecule is CCNC(=NCc1ccc(Cn2ccccc2=O)cc1)NC(C)CC.I. The summed E-state index contributed by atoms with van der Waals surface area (Å²) in [6, 6.07) is 13.9. The van der Waals surface area contributed by atoms with E-state index in [0.29, 0.717) is 19.1 Å². The first-order chi connectivity index (χ1) is 12.1. The Kier molecular flexibility index (Phi) is 10.0. The topological polar surface area (TPSA) is 58.4 Å². The predicted octanol–water partition coefficient (Wildman–Crippen LogP) is 3.37. The van der Waals surface area contributed by atoms with E-state index in [4.69, 9.17) is 0 Å². The molecule has 1 heterocycles. The van der Waals surface area contributed by atoms with Crippen LogP contribution in [-0.2, 0) is 13.1 Å². The van der Waals surface area contributed by atoms with Gasteiger partial charge in [0, 0.05) is 24.8 Å². The van der Waals surface area contributed by atoms with Crippen molar-refractivity contribution < 1.29 is 0 Å². The van der Waals surface area contributed by atoms with Crippen molar-refractivity contribution in [3.63, 3.8) is 0 Å². The Hall–Kier alpha value is -1.83. The molecule has 0 amide bonds. The molecule has 0 aliphatic heterocycles. The third-order valence-electron chi connectivity index (χ3n) is 4.03. The lowest BCUT2D eigenvalue weighted by Gasteiger charge is -2.16. The molecule has 2 rings (SSSR count). The molecular formula is C20H29IN4O. The molecule has 1 aromatic heterocycles. The van der Waals surface area contributed by atoms with Crippen LogP contribution in [0.15, 0.2) is 58.4 Å². The predicted molar refractivity (Wildman–Crippen MR) is 119 cm³/mol. The highest BCUT2D eigenvalue weighted by atomic mass is 127. The van der Waals surface area contributed by atoms with Gasteiger partial charge in [0.1, 0.15) is 0 Å². The summed E-state index contributed by atoms with van der Waals surface area (Å²) in [5, 5.41) is 6.66. The standard InChI is InChI=1S/C20H28N4O.HI/c1-4-16(3)23-20(21-5-2)22-14-17-9-11-18(12-10-17)15-24-13-7-6-8-19(24)25;/h6-13,16H,4-5,14-15H2,1-3H3,(H2,21,22,23);1H. The minimum Gasteiger partial charge on any atom is -0.357 e. The number of guanidine groups is 1. The number of nitrogens with one attached hydrogen (secondary N) is 2. The average molecular weight is 468 g/mol. The van der Waals surface area contributed by atoms with Crippen LogP contribution in [0.4, 0.5) is 0 Å². The molecule has 0 bridgehead atoms. The van der Waals surface area contributed by atoms with Gasteiger partial charge < -0.3 is 15.2 Å². The van der Waals surface area contributed by atoms with Gasteiger partial charge in [-0.2, -0.15) is 0 Å². The summed E-state index contributed by atoms with van der Waals surface area (Å²) < 4.78 is 1.70. The smallest absolute Gasteiger partial charge is 0.250 e. The first-order valence-electron chi connectivity index (χ1n) is 8.90. The van der Waals surface area contributed by atoms with Crippen molar-refractivity contribution in [2.24, 2.45) is 4.99 Å². The van der Waals surface area contributed by atoms with Crippen LogP contribution in [0.1, 0.15) is 38.3 Å². The summed E-state index contributed by atoms with van der Waals surface area (Å²) in [6.45, 7) is 8.41. The Morgan fingerprint density at radius 2 is 1.81 bits per heavy atom. The highest BCUT2D eigenvalue weighted by Gasteiger charge is 2.03. The van der Waals surface area contributed by atoms with Gasteiger partial charge >= 0.3 is 0 Å². The van der Waals surface area contributed by atoms with Gasteiger partial charge in [-0.05, 0) is 37.5 Å². The largest absolute Gasteiger partial charge is 0.357 e. The molecule has 1 unspecified atom stereocenters. The van der Waals surface area contributed by atoms with Crippen LogP contribution in [0.25, 0.3) is 0 Å². The number of rotatable bonds is 7. The molecule has 0 aliphatic carbocycles. The van der Waals surface area contributed by atoms with Crippen molar-refractivity contribution in [2.45, 2.75) is 46.3 Å². The van der Waals surface area contributed by atoms with Crippen LogP contribution < -0.4 is 16.2 Å². The number of halogens is 1. The van der Waals surface area contributed by atoms with Crippen molar-refractivity contribution in [2.75, 3.05) is 6.54 Å². The van der Waals surface area contributed by atoms with Crippen LogP contribution in [0.5, 0.6) is 0 Å². The third-order valence-corrected chi connectivity index (χ3v) is 4.03. The quantitative estimate of drug-likeness (QED) is 0.372. The summed E-state index contributed by atoms with van der Waals surface area (Å²) >= 11 is 0. The van der Waals surface area contributed by atoms with Crippen LogP contribution in [0.3, 0.4) is 0 Å². The summed E-state index contributed by atoms with van der Waals surface area (Å²) in [5.74, 6) is 0.844. The summed E-state index contributed by atoms with van der Waals surface area (Å²) in [6.07, 6.45) is 2.86. The molecule has 1 aromatic carbocycles. The molecule has 6 heteroatoms. The second kappa shape index (κ2) is 11.7. The first kappa shape index (κ1) is 22.2. The lowest BCUT2D eigenvalue weighted by atomic mass is 10.1. The van der Waals surface area contributed by atoms with Crippen LogP contribution in [0, 0.1) is 0 Å². The van der Waals surface area contributed by atoms with E-state index >= 15 is 0 Å². The molecule has 0 spiro atoms. The maximum Gasteiger partial charge on any atom is 0.250 e. The minimum atomic E-state index is 0. The van der Waals surface area contributed by atoms with Gasteiger partial charge in [-0.25, -0.2) is 4.99 Å². The molecule has 26 heavy (non-hydrogen) atoms. The Labute approximate surface area is 173 Å². The molecule has 0 aliphatic rings. The first-order valence-corrected chi connectivity index (χ1v) is 8.90. The third kappa shape index (κ3) is 7.19. The van der Waals surface area contributed by atoms with Crippen LogP contribution >= 0.6 is 24.0 Å². The molecule has 1 atom stereocenters. The lowest BCUT2D eigenvalue weighted by molar-refractivity contribution is 0.624. The molecule has 0 saturated heterocycles. The zero-order valence-electron chi connectivity index (χ0n) is 15.7. The Morgan fingerprint density at radius 3 is 2.42 bits per heavy atom. The van der Waals surface area contributed by atoms with E-state index in [2.05, 4.69) is 60.7 Å². The average Bonchev–Trinajstić information content (AvgIpc) is 2.63. The van der Waals surface area contributed by atoms with E-state index in [1.54, 1.807) is 16.7 Å². The molecule has 5 nitrogen and oxygen atoms in total. The molecular weight excluding hydrogens is 439 g/mol. The highest BCUT2D eigenvalue weighted by Crippen LogP contribution is 2.07. The summed E-state index contributed by atoms with van der Waals surface area (Å²) in [5.41, 5.74) is 2.26. The molecule has 2 aromatic rings. The van der Waals surface area contributed by atoms with Crippen molar-refractivity contribution in [1.29, 1.82) is 0 Å². The number of hydrogen-bond acceptors (Lipinski definition) is 2. The van der Waals surface area contributed by atoms with Crippen molar-refractivity contribution >= 4 is 29.9 Å². The Morgan fingerprint density at radius 1 is 1.12 bits per heavy atom. The fourth-order valence-corrected chi connectivity index (χ4v) is 2.36. The maximum atomic E-state index is 11.8. The Bertz CT molecular complexity index is 740. The molecule has 0 saturated carbocycles. The molecule has 2 N–H and O–H groups in total. The zero-order valence-corrected chi connectivity index (χ0v) is 18.1. The van der Waals surface area contributed by atoms with E-state index in [9.17, 15) is 4.79 Å². The number of nitrogens with zero attached hydrogens (tertiary/aromatic N) is 2. The normalized spacial score (nSPS) is 12.2. The number of benzene rings is 1. The van der Waals surface area contributed by atoms with Crippen LogP contribution in [-0.4, -0.2) is 23.1 Å². The van der Waals surface area contributed by atoms with Gasteiger partial charge in [0.05, 0.1) is 13.1 Å². The van der Waals surface area contributed by atoms with E-state index in [0.717, 1.165) is 30.1 Å². The van der Waals surface area contributed by atoms with Gasteiger partial charge in [-0.15, -0.1) is 24.0 Å². The number of pyridine rings is 1. The lowest BCUT2D eigenvalue weighted by Crippen LogP contribution is -2.41. The van der Waals surface area contributed by atoms with Crippen molar-refractivity contribution in [3.05, 3.63) is 70.1 Å². The van der Waals surface area contributed by atoms with E-state index in [1.165, 1.54) is 0 Å². The summed E-state index contributed by atoms with van der Waals surface area (Å²) in [4.78, 5) is 16.4. The molecule has 0 radical (unpaired) electrons. The van der Waals surface area contributed by atoms with E-state index < -0.39 is 0 Å². The van der Waals surface area contributed by atoms with Gasteiger partial charge in [0.25, 0.3) is 5.56 Å². The molecule has 142 valence electrons. The molecule has 0 fully saturated rings. The van der Waals surface area contributed by atoms with Crippen molar-refractivity contribution in [1.82, 2.24) is 15.2 Å². The monoisotopic (exact) mass is 468 g/mol. The van der Waals surface area contributed by atoms with Gasteiger partial charge in [0.15, 0.2) is 5.96 Å². The van der Waals surface area contributed by atoms with Crippen LogP contribution in [0.2, 0.25) is 0 Å². The number of aliphatic imine (C=N–C) groups is 1. The second-order valence-electron chi connectivity index (χ2n) is 6.13. The van der Waals surface area contributed by atoms with Gasteiger partial charge in [0.2, 0.25) is 0 Å². The fourth-order valence-electron chi connectivity index (χ4n) is 2.36. The second-order valence-corrected chi connectivity index (χ2v) is 6.13. The maximum absolute atomic E-state index is 11.8. The highest BCUT2D eigenvalue weighted by molar-refractivity contribution is 14.0. The van der Waals surface area contributed by atoms with E-state index in [-0.39, 0.29) is 29.5 Å². The minimum absolute atomic E-state index is 0.